The molecular weight excluding hydrogens is 218 g/mol. The van der Waals surface area contributed by atoms with E-state index >= 15 is 0 Å². The van der Waals surface area contributed by atoms with Gasteiger partial charge in [-0.15, -0.1) is 0 Å². The van der Waals surface area contributed by atoms with Gasteiger partial charge >= 0.3 is 0 Å². The molecule has 0 aliphatic carbocycles. The highest BCUT2D eigenvalue weighted by molar-refractivity contribution is 9.10. The first kappa shape index (κ1) is 8.08. The molecule has 0 atom stereocenters. The molecule has 0 aromatic heterocycles. The Hall–Kier alpha value is -0.540. The highest BCUT2D eigenvalue weighted by atomic mass is 79.9. The minimum absolute atomic E-state index is 0.556. The Balaban J connectivity index is 2.27. The summed E-state index contributed by atoms with van der Waals surface area (Å²) in [5.74, 6) is 0.556. The van der Waals surface area contributed by atoms with Crippen molar-refractivity contribution in [2.75, 3.05) is 18.9 Å². The smallest absolute Gasteiger partial charge is 0.0557 e. The van der Waals surface area contributed by atoms with Gasteiger partial charge in [0.15, 0.2) is 0 Å². The number of halogens is 1. The van der Waals surface area contributed by atoms with Crippen LogP contribution < -0.4 is 5.73 Å². The number of ether oxygens (including phenoxy) is 1. The predicted molar refractivity (Wildman–Crippen MR) is 52.1 cm³/mol. The molecule has 3 heteroatoms. The molecule has 64 valence electrons. The van der Waals surface area contributed by atoms with Gasteiger partial charge < -0.3 is 10.5 Å². The molecule has 2 N–H and O–H groups in total. The maximum absolute atomic E-state index is 5.75. The van der Waals surface area contributed by atoms with Gasteiger partial charge in [-0.05, 0) is 33.6 Å². The van der Waals surface area contributed by atoms with Crippen LogP contribution in [-0.2, 0) is 4.74 Å². The van der Waals surface area contributed by atoms with Gasteiger partial charge in [0.05, 0.1) is 13.2 Å². The Kier molecular flexibility index (Phi) is 2.07. The molecule has 0 amide bonds. The lowest BCUT2D eigenvalue weighted by molar-refractivity contribution is 0.00844. The second kappa shape index (κ2) is 3.07. The zero-order valence-corrected chi connectivity index (χ0v) is 8.17. The molecule has 1 aliphatic heterocycles. The van der Waals surface area contributed by atoms with Crippen LogP contribution >= 0.6 is 15.9 Å². The van der Waals surface area contributed by atoms with Crippen molar-refractivity contribution in [3.8, 4) is 0 Å². The molecule has 0 spiro atoms. The zero-order chi connectivity index (χ0) is 8.55. The van der Waals surface area contributed by atoms with Crippen molar-refractivity contribution in [2.24, 2.45) is 0 Å². The monoisotopic (exact) mass is 227 g/mol. The Morgan fingerprint density at radius 2 is 2.17 bits per heavy atom. The molecule has 1 aromatic rings. The van der Waals surface area contributed by atoms with Crippen LogP contribution in [0.1, 0.15) is 11.5 Å². The van der Waals surface area contributed by atoms with Gasteiger partial charge in [-0.3, -0.25) is 0 Å². The third kappa shape index (κ3) is 1.34. The molecule has 1 heterocycles. The van der Waals surface area contributed by atoms with E-state index in [1.165, 1.54) is 5.56 Å². The molecule has 1 fully saturated rings. The van der Waals surface area contributed by atoms with Crippen LogP contribution in [0.3, 0.4) is 0 Å². The highest BCUT2D eigenvalue weighted by Crippen LogP contribution is 2.28. The minimum atomic E-state index is 0.556. The van der Waals surface area contributed by atoms with Crippen molar-refractivity contribution in [3.05, 3.63) is 28.2 Å². The number of nitrogen functional groups attached to an aromatic ring is 1. The average Bonchev–Trinajstić information content (AvgIpc) is 1.93. The zero-order valence-electron chi connectivity index (χ0n) is 6.59. The van der Waals surface area contributed by atoms with E-state index in [0.29, 0.717) is 5.92 Å². The van der Waals surface area contributed by atoms with Crippen molar-refractivity contribution in [1.29, 1.82) is 0 Å². The van der Waals surface area contributed by atoms with Gasteiger partial charge in [-0.2, -0.15) is 0 Å². The van der Waals surface area contributed by atoms with E-state index in [1.54, 1.807) is 0 Å². The summed E-state index contributed by atoms with van der Waals surface area (Å²) in [6, 6.07) is 6.09. The number of rotatable bonds is 1. The van der Waals surface area contributed by atoms with E-state index in [0.717, 1.165) is 23.4 Å². The van der Waals surface area contributed by atoms with Gasteiger partial charge in [0, 0.05) is 16.1 Å². The fourth-order valence-electron chi connectivity index (χ4n) is 1.24. The van der Waals surface area contributed by atoms with E-state index < -0.39 is 0 Å². The number of benzene rings is 1. The summed E-state index contributed by atoms with van der Waals surface area (Å²) in [7, 11) is 0. The summed E-state index contributed by atoms with van der Waals surface area (Å²) in [4.78, 5) is 0. The Bertz CT molecular complexity index is 297. The third-order valence-corrected chi connectivity index (χ3v) is 2.85. The molecule has 1 aromatic carbocycles. The standard InChI is InChI=1S/C9H10BrNO/c10-8-2-1-6(3-9(8)11)7-4-12-5-7/h1-3,7H,4-5,11H2. The van der Waals surface area contributed by atoms with E-state index in [2.05, 4.69) is 22.0 Å². The molecule has 0 bridgehead atoms. The molecule has 0 radical (unpaired) electrons. The van der Waals surface area contributed by atoms with Crippen molar-refractivity contribution in [3.63, 3.8) is 0 Å². The van der Waals surface area contributed by atoms with Crippen molar-refractivity contribution >= 4 is 21.6 Å². The van der Waals surface area contributed by atoms with Gasteiger partial charge in [0.25, 0.3) is 0 Å². The van der Waals surface area contributed by atoms with Crippen LogP contribution in [0.2, 0.25) is 0 Å². The molecule has 12 heavy (non-hydrogen) atoms. The second-order valence-electron chi connectivity index (χ2n) is 3.02. The minimum Gasteiger partial charge on any atom is -0.398 e. The first-order valence-corrected chi connectivity index (χ1v) is 4.69. The Labute approximate surface area is 79.8 Å². The van der Waals surface area contributed by atoms with Crippen LogP contribution in [0.4, 0.5) is 5.69 Å². The van der Waals surface area contributed by atoms with E-state index in [1.807, 2.05) is 12.1 Å². The van der Waals surface area contributed by atoms with Gasteiger partial charge in [-0.1, -0.05) is 6.07 Å². The lowest BCUT2D eigenvalue weighted by atomic mass is 9.97. The van der Waals surface area contributed by atoms with Crippen LogP contribution in [0, 0.1) is 0 Å². The van der Waals surface area contributed by atoms with E-state index in [9.17, 15) is 0 Å². The highest BCUT2D eigenvalue weighted by Gasteiger charge is 2.20. The summed E-state index contributed by atoms with van der Waals surface area (Å²) in [5.41, 5.74) is 7.83. The van der Waals surface area contributed by atoms with Crippen molar-refractivity contribution < 1.29 is 4.74 Å². The maximum Gasteiger partial charge on any atom is 0.0557 e. The molecule has 1 saturated heterocycles. The Morgan fingerprint density at radius 3 is 2.67 bits per heavy atom. The summed E-state index contributed by atoms with van der Waals surface area (Å²) >= 11 is 3.36. The molecule has 0 unspecified atom stereocenters. The summed E-state index contributed by atoms with van der Waals surface area (Å²) in [6.45, 7) is 1.67. The summed E-state index contributed by atoms with van der Waals surface area (Å²) in [5, 5.41) is 0. The fraction of sp³-hybridized carbons (Fsp3) is 0.333. The normalized spacial score (nSPS) is 17.4. The van der Waals surface area contributed by atoms with Gasteiger partial charge in [0.2, 0.25) is 0 Å². The maximum atomic E-state index is 5.75. The summed E-state index contributed by atoms with van der Waals surface area (Å²) < 4.78 is 6.07. The third-order valence-electron chi connectivity index (χ3n) is 2.13. The molecule has 2 nitrogen and oxygen atoms in total. The first-order chi connectivity index (χ1) is 5.77. The van der Waals surface area contributed by atoms with E-state index in [-0.39, 0.29) is 0 Å². The SMILES string of the molecule is Nc1cc(C2COC2)ccc1Br. The van der Waals surface area contributed by atoms with Crippen LogP contribution in [0.25, 0.3) is 0 Å². The van der Waals surface area contributed by atoms with Crippen LogP contribution in [0.5, 0.6) is 0 Å². The topological polar surface area (TPSA) is 35.2 Å². The largest absolute Gasteiger partial charge is 0.398 e. The second-order valence-corrected chi connectivity index (χ2v) is 3.87. The average molecular weight is 228 g/mol. The van der Waals surface area contributed by atoms with Crippen molar-refractivity contribution in [2.45, 2.75) is 5.92 Å². The number of nitrogens with two attached hydrogens (primary N) is 1. The molecule has 1 aliphatic rings. The molecule has 0 saturated carbocycles. The number of hydrogen-bond donors (Lipinski definition) is 1. The van der Waals surface area contributed by atoms with Gasteiger partial charge in [-0.25, -0.2) is 0 Å². The number of anilines is 1. The summed E-state index contributed by atoms with van der Waals surface area (Å²) in [6.07, 6.45) is 0. The van der Waals surface area contributed by atoms with Crippen molar-refractivity contribution in [1.82, 2.24) is 0 Å². The Morgan fingerprint density at radius 1 is 1.42 bits per heavy atom. The number of hydrogen-bond acceptors (Lipinski definition) is 2. The van der Waals surface area contributed by atoms with Gasteiger partial charge in [0.1, 0.15) is 0 Å². The molecular formula is C9H10BrNO. The fourth-order valence-corrected chi connectivity index (χ4v) is 1.49. The lowest BCUT2D eigenvalue weighted by Crippen LogP contribution is -2.25. The predicted octanol–water partition coefficient (Wildman–Crippen LogP) is 2.15. The first-order valence-electron chi connectivity index (χ1n) is 3.90. The molecule has 2 rings (SSSR count). The lowest BCUT2D eigenvalue weighted by Gasteiger charge is -2.26. The van der Waals surface area contributed by atoms with Crippen LogP contribution in [-0.4, -0.2) is 13.2 Å². The van der Waals surface area contributed by atoms with Crippen LogP contribution in [0.15, 0.2) is 22.7 Å². The quantitative estimate of drug-likeness (QED) is 0.747. The van der Waals surface area contributed by atoms with E-state index in [4.69, 9.17) is 10.5 Å².